The summed E-state index contributed by atoms with van der Waals surface area (Å²) in [4.78, 5) is 12.1. The van der Waals surface area contributed by atoms with Crippen LogP contribution in [0.2, 0.25) is 0 Å². The molecule has 0 unspecified atom stereocenters. The highest BCUT2D eigenvalue weighted by molar-refractivity contribution is 14.1. The Morgan fingerprint density at radius 1 is 1.17 bits per heavy atom. The Morgan fingerprint density at radius 3 is 2.52 bits per heavy atom. The number of hydrogen-bond acceptors (Lipinski definition) is 2. The smallest absolute Gasteiger partial charge is 0.418 e. The van der Waals surface area contributed by atoms with Gasteiger partial charge in [-0.1, -0.05) is 18.2 Å². The van der Waals surface area contributed by atoms with E-state index in [9.17, 15) is 18.0 Å². The molecule has 0 bridgehead atoms. The van der Waals surface area contributed by atoms with Gasteiger partial charge in [0.05, 0.1) is 11.3 Å². The van der Waals surface area contributed by atoms with Crippen molar-refractivity contribution >= 4 is 34.2 Å². The molecule has 0 aliphatic carbocycles. The SMILES string of the molecule is C[C@@H](Oc1cccc(I)c1)C(=O)Nc1ccccc1C(F)(F)F. The highest BCUT2D eigenvalue weighted by atomic mass is 127. The molecule has 1 atom stereocenters. The molecule has 0 fully saturated rings. The Kier molecular flexibility index (Phi) is 5.51. The molecule has 122 valence electrons. The van der Waals surface area contributed by atoms with E-state index in [-0.39, 0.29) is 5.69 Å². The van der Waals surface area contributed by atoms with Crippen molar-refractivity contribution < 1.29 is 22.7 Å². The number of benzene rings is 2. The van der Waals surface area contributed by atoms with Gasteiger partial charge in [0, 0.05) is 3.57 Å². The van der Waals surface area contributed by atoms with E-state index in [2.05, 4.69) is 27.9 Å². The van der Waals surface area contributed by atoms with Crippen LogP contribution in [0.4, 0.5) is 18.9 Å². The zero-order valence-corrected chi connectivity index (χ0v) is 14.2. The maximum atomic E-state index is 12.9. The van der Waals surface area contributed by atoms with Crippen molar-refractivity contribution in [1.82, 2.24) is 0 Å². The topological polar surface area (TPSA) is 38.3 Å². The first kappa shape index (κ1) is 17.6. The van der Waals surface area contributed by atoms with Crippen molar-refractivity contribution in [3.63, 3.8) is 0 Å². The fraction of sp³-hybridized carbons (Fsp3) is 0.188. The average Bonchev–Trinajstić information content (AvgIpc) is 2.46. The van der Waals surface area contributed by atoms with Gasteiger partial charge in [-0.25, -0.2) is 0 Å². The number of alkyl halides is 3. The van der Waals surface area contributed by atoms with E-state index in [0.717, 1.165) is 9.64 Å². The van der Waals surface area contributed by atoms with Gasteiger partial charge in [-0.15, -0.1) is 0 Å². The molecule has 1 amide bonds. The summed E-state index contributed by atoms with van der Waals surface area (Å²) in [6.45, 7) is 1.48. The van der Waals surface area contributed by atoms with E-state index in [4.69, 9.17) is 4.74 Å². The van der Waals surface area contributed by atoms with Crippen LogP contribution in [0.1, 0.15) is 12.5 Å². The highest BCUT2D eigenvalue weighted by Crippen LogP contribution is 2.34. The minimum Gasteiger partial charge on any atom is -0.481 e. The van der Waals surface area contributed by atoms with Crippen LogP contribution < -0.4 is 10.1 Å². The van der Waals surface area contributed by atoms with Gasteiger partial charge < -0.3 is 10.1 Å². The van der Waals surface area contributed by atoms with Crippen molar-refractivity contribution in [2.45, 2.75) is 19.2 Å². The number of para-hydroxylation sites is 1. The molecule has 0 radical (unpaired) electrons. The molecule has 2 aromatic rings. The molecule has 0 saturated heterocycles. The second kappa shape index (κ2) is 7.20. The number of rotatable bonds is 4. The number of hydrogen-bond donors (Lipinski definition) is 1. The Morgan fingerprint density at radius 2 is 1.87 bits per heavy atom. The Labute approximate surface area is 145 Å². The molecule has 0 aliphatic heterocycles. The lowest BCUT2D eigenvalue weighted by molar-refractivity contribution is -0.137. The molecule has 3 nitrogen and oxygen atoms in total. The predicted molar refractivity (Wildman–Crippen MR) is 89.3 cm³/mol. The molecule has 0 saturated carbocycles. The minimum absolute atomic E-state index is 0.289. The van der Waals surface area contributed by atoms with Gasteiger partial charge in [-0.3, -0.25) is 4.79 Å². The second-order valence-corrected chi connectivity index (χ2v) is 6.00. The molecule has 23 heavy (non-hydrogen) atoms. The normalized spacial score (nSPS) is 12.6. The van der Waals surface area contributed by atoms with E-state index >= 15 is 0 Å². The van der Waals surface area contributed by atoms with Crippen LogP contribution in [0, 0.1) is 3.57 Å². The fourth-order valence-electron chi connectivity index (χ4n) is 1.87. The third-order valence-corrected chi connectivity index (χ3v) is 3.64. The average molecular weight is 435 g/mol. The van der Waals surface area contributed by atoms with E-state index < -0.39 is 23.8 Å². The number of carbonyl (C=O) groups excluding carboxylic acids is 1. The van der Waals surface area contributed by atoms with Crippen LogP contribution in [-0.4, -0.2) is 12.0 Å². The number of amides is 1. The summed E-state index contributed by atoms with van der Waals surface area (Å²) >= 11 is 2.10. The minimum atomic E-state index is -4.54. The van der Waals surface area contributed by atoms with E-state index in [0.29, 0.717) is 5.75 Å². The van der Waals surface area contributed by atoms with E-state index in [1.54, 1.807) is 18.2 Å². The van der Waals surface area contributed by atoms with Crippen molar-refractivity contribution in [3.05, 3.63) is 57.7 Å². The van der Waals surface area contributed by atoms with Gasteiger partial charge in [-0.2, -0.15) is 13.2 Å². The van der Waals surface area contributed by atoms with Crippen LogP contribution >= 0.6 is 22.6 Å². The summed E-state index contributed by atoms with van der Waals surface area (Å²) in [6, 6.07) is 11.8. The Balaban J connectivity index is 2.10. The summed E-state index contributed by atoms with van der Waals surface area (Å²) in [7, 11) is 0. The van der Waals surface area contributed by atoms with Gasteiger partial charge in [0.15, 0.2) is 6.10 Å². The molecular weight excluding hydrogens is 422 g/mol. The molecule has 2 aromatic carbocycles. The number of carbonyl (C=O) groups is 1. The lowest BCUT2D eigenvalue weighted by Crippen LogP contribution is -2.31. The number of anilines is 1. The van der Waals surface area contributed by atoms with Crippen molar-refractivity contribution in [1.29, 1.82) is 0 Å². The number of nitrogens with one attached hydrogen (secondary N) is 1. The number of ether oxygens (including phenoxy) is 1. The molecule has 0 aliphatic rings. The predicted octanol–water partition coefficient (Wildman–Crippen LogP) is 4.72. The van der Waals surface area contributed by atoms with Gasteiger partial charge in [0.25, 0.3) is 5.91 Å². The van der Waals surface area contributed by atoms with Crippen molar-refractivity contribution in [2.24, 2.45) is 0 Å². The lowest BCUT2D eigenvalue weighted by Gasteiger charge is -2.17. The van der Waals surface area contributed by atoms with E-state index in [1.807, 2.05) is 6.07 Å². The lowest BCUT2D eigenvalue weighted by atomic mass is 10.1. The monoisotopic (exact) mass is 435 g/mol. The van der Waals surface area contributed by atoms with Crippen LogP contribution in [-0.2, 0) is 11.0 Å². The Bertz CT molecular complexity index is 704. The largest absolute Gasteiger partial charge is 0.481 e. The van der Waals surface area contributed by atoms with Crippen LogP contribution in [0.15, 0.2) is 48.5 Å². The standard InChI is InChI=1S/C16H13F3INO2/c1-10(23-12-6-4-5-11(20)9-12)15(22)21-14-8-3-2-7-13(14)16(17,18)19/h2-10H,1H3,(H,21,22)/t10-/m1/s1. The summed E-state index contributed by atoms with van der Waals surface area (Å²) in [5, 5.41) is 2.27. The van der Waals surface area contributed by atoms with Gasteiger partial charge in [0.2, 0.25) is 0 Å². The molecule has 1 N–H and O–H groups in total. The zero-order valence-electron chi connectivity index (χ0n) is 12.0. The van der Waals surface area contributed by atoms with Crippen LogP contribution in [0.5, 0.6) is 5.75 Å². The van der Waals surface area contributed by atoms with Crippen molar-refractivity contribution in [3.8, 4) is 5.75 Å². The number of halogens is 4. The first-order valence-electron chi connectivity index (χ1n) is 6.66. The molecule has 2 rings (SSSR count). The molecule has 0 spiro atoms. The quantitative estimate of drug-likeness (QED) is 0.707. The molecule has 0 heterocycles. The fourth-order valence-corrected chi connectivity index (χ4v) is 2.39. The third kappa shape index (κ3) is 4.85. The zero-order chi connectivity index (χ0) is 17.0. The van der Waals surface area contributed by atoms with Gasteiger partial charge >= 0.3 is 6.18 Å². The third-order valence-electron chi connectivity index (χ3n) is 2.97. The Hall–Kier alpha value is -1.77. The highest BCUT2D eigenvalue weighted by Gasteiger charge is 2.34. The maximum Gasteiger partial charge on any atom is 0.418 e. The second-order valence-electron chi connectivity index (χ2n) is 4.75. The van der Waals surface area contributed by atoms with Crippen LogP contribution in [0.25, 0.3) is 0 Å². The molecular formula is C16H13F3INO2. The van der Waals surface area contributed by atoms with Gasteiger partial charge in [0.1, 0.15) is 5.75 Å². The first-order chi connectivity index (χ1) is 10.8. The summed E-state index contributed by atoms with van der Waals surface area (Å²) in [6.07, 6.45) is -5.47. The van der Waals surface area contributed by atoms with E-state index in [1.165, 1.54) is 25.1 Å². The maximum absolute atomic E-state index is 12.9. The molecule has 7 heteroatoms. The summed E-state index contributed by atoms with van der Waals surface area (Å²) < 4.78 is 45.1. The molecule has 0 aromatic heterocycles. The summed E-state index contributed by atoms with van der Waals surface area (Å²) in [5.74, 6) is -0.177. The van der Waals surface area contributed by atoms with Gasteiger partial charge in [-0.05, 0) is 59.8 Å². The van der Waals surface area contributed by atoms with Crippen molar-refractivity contribution in [2.75, 3.05) is 5.32 Å². The first-order valence-corrected chi connectivity index (χ1v) is 7.74. The summed E-state index contributed by atoms with van der Waals surface area (Å²) in [5.41, 5.74) is -1.18. The van der Waals surface area contributed by atoms with Crippen LogP contribution in [0.3, 0.4) is 0 Å².